The predicted octanol–water partition coefficient (Wildman–Crippen LogP) is 1.34. The normalized spacial score (nSPS) is 13.6. The largest absolute Gasteiger partial charge is 0.303 e. The van der Waals surface area contributed by atoms with Crippen LogP contribution in [0.5, 0.6) is 0 Å². The lowest BCUT2D eigenvalue weighted by molar-refractivity contribution is 0.142. The van der Waals surface area contributed by atoms with Gasteiger partial charge in [0.05, 0.1) is 12.2 Å². The van der Waals surface area contributed by atoms with Crippen molar-refractivity contribution in [2.75, 3.05) is 6.54 Å². The fraction of sp³-hybridized carbons (Fsp3) is 0.625. The van der Waals surface area contributed by atoms with E-state index in [4.69, 9.17) is 0 Å². The molecule has 0 saturated heterocycles. The third-order valence-electron chi connectivity index (χ3n) is 1.76. The summed E-state index contributed by atoms with van der Waals surface area (Å²) in [4.78, 5) is 0. The summed E-state index contributed by atoms with van der Waals surface area (Å²) in [6.07, 6.45) is -0.526. The molecule has 1 heterocycles. The highest BCUT2D eigenvalue weighted by Gasteiger charge is 2.10. The van der Waals surface area contributed by atoms with Crippen LogP contribution in [0.1, 0.15) is 18.7 Å². The van der Waals surface area contributed by atoms with E-state index in [0.717, 1.165) is 5.69 Å². The molecule has 1 rings (SSSR count). The minimum Gasteiger partial charge on any atom is -0.303 e. The molecule has 1 atom stereocenters. The quantitative estimate of drug-likeness (QED) is 0.774. The van der Waals surface area contributed by atoms with Crippen LogP contribution in [0.4, 0.5) is 8.78 Å². The summed E-state index contributed by atoms with van der Waals surface area (Å²) in [5.74, 6) is 0. The lowest BCUT2D eigenvalue weighted by atomic mass is 10.2. The van der Waals surface area contributed by atoms with Crippen LogP contribution in [0.15, 0.2) is 12.3 Å². The fourth-order valence-electron chi connectivity index (χ4n) is 1.03. The molecule has 0 saturated carbocycles. The molecule has 0 aliphatic carbocycles. The van der Waals surface area contributed by atoms with Crippen molar-refractivity contribution in [2.45, 2.75) is 19.4 Å². The van der Waals surface area contributed by atoms with Crippen molar-refractivity contribution < 1.29 is 8.78 Å². The first-order valence-corrected chi connectivity index (χ1v) is 4.10. The highest BCUT2D eigenvalue weighted by Crippen LogP contribution is 2.08. The second-order valence-corrected chi connectivity index (χ2v) is 2.94. The fourth-order valence-corrected chi connectivity index (χ4v) is 1.03. The summed E-state index contributed by atoms with van der Waals surface area (Å²) in [5.41, 5.74) is 0.781. The Bertz CT molecular complexity index is 260. The molecule has 0 aliphatic heterocycles. The summed E-state index contributed by atoms with van der Waals surface area (Å²) in [7, 11) is 1.79. The highest BCUT2D eigenvalue weighted by atomic mass is 19.3. The Morgan fingerprint density at radius 3 is 2.77 bits per heavy atom. The Kier molecular flexibility index (Phi) is 3.36. The molecular weight excluding hydrogens is 176 g/mol. The number of alkyl halides is 2. The smallest absolute Gasteiger partial charge is 0.250 e. The Balaban J connectivity index is 2.44. The van der Waals surface area contributed by atoms with Gasteiger partial charge in [0.15, 0.2) is 0 Å². The number of nitrogens with one attached hydrogen (secondary N) is 1. The van der Waals surface area contributed by atoms with Crippen molar-refractivity contribution >= 4 is 0 Å². The second kappa shape index (κ2) is 4.32. The van der Waals surface area contributed by atoms with Crippen molar-refractivity contribution in [1.82, 2.24) is 15.1 Å². The third kappa shape index (κ3) is 3.10. The summed E-state index contributed by atoms with van der Waals surface area (Å²) >= 11 is 0. The topological polar surface area (TPSA) is 29.9 Å². The molecule has 0 radical (unpaired) electrons. The molecule has 0 bridgehead atoms. The van der Waals surface area contributed by atoms with Crippen molar-refractivity contribution in [3.8, 4) is 0 Å². The van der Waals surface area contributed by atoms with Gasteiger partial charge in [-0.3, -0.25) is 4.68 Å². The average molecular weight is 189 g/mol. The van der Waals surface area contributed by atoms with E-state index < -0.39 is 6.43 Å². The summed E-state index contributed by atoms with van der Waals surface area (Å²) < 4.78 is 25.3. The zero-order valence-electron chi connectivity index (χ0n) is 7.67. The molecule has 1 N–H and O–H groups in total. The van der Waals surface area contributed by atoms with Crippen LogP contribution in [0.3, 0.4) is 0 Å². The van der Waals surface area contributed by atoms with Crippen molar-refractivity contribution in [3.63, 3.8) is 0 Å². The Morgan fingerprint density at radius 2 is 2.31 bits per heavy atom. The van der Waals surface area contributed by atoms with E-state index in [0.29, 0.717) is 0 Å². The first-order valence-electron chi connectivity index (χ1n) is 4.10. The maximum absolute atomic E-state index is 11.8. The molecule has 5 heteroatoms. The standard InChI is InChI=1S/C8H13F2N3/c1-6(11-5-8(9)10)7-3-4-13(2)12-7/h3-4,6,8,11H,5H2,1-2H3. The summed E-state index contributed by atoms with van der Waals surface area (Å²) in [5, 5.41) is 6.78. The Morgan fingerprint density at radius 1 is 1.62 bits per heavy atom. The Hall–Kier alpha value is -0.970. The molecule has 0 fully saturated rings. The van der Waals surface area contributed by atoms with Gasteiger partial charge in [0.2, 0.25) is 0 Å². The molecule has 1 aromatic heterocycles. The number of hydrogen-bond donors (Lipinski definition) is 1. The average Bonchev–Trinajstić information content (AvgIpc) is 2.47. The molecule has 13 heavy (non-hydrogen) atoms. The zero-order chi connectivity index (χ0) is 9.84. The third-order valence-corrected chi connectivity index (χ3v) is 1.76. The van der Waals surface area contributed by atoms with E-state index >= 15 is 0 Å². The molecule has 0 aliphatic rings. The molecule has 0 amide bonds. The van der Waals surface area contributed by atoms with E-state index in [9.17, 15) is 8.78 Å². The van der Waals surface area contributed by atoms with Gasteiger partial charge in [0.25, 0.3) is 6.43 Å². The summed E-state index contributed by atoms with van der Waals surface area (Å²) in [6, 6.07) is 1.68. The van der Waals surface area contributed by atoms with Crippen molar-refractivity contribution in [2.24, 2.45) is 7.05 Å². The Labute approximate surface area is 75.7 Å². The van der Waals surface area contributed by atoms with Gasteiger partial charge in [-0.2, -0.15) is 5.10 Å². The second-order valence-electron chi connectivity index (χ2n) is 2.94. The van der Waals surface area contributed by atoms with Crippen LogP contribution in [0.2, 0.25) is 0 Å². The number of hydrogen-bond acceptors (Lipinski definition) is 2. The summed E-state index contributed by atoms with van der Waals surface area (Å²) in [6.45, 7) is 1.52. The predicted molar refractivity (Wildman–Crippen MR) is 45.6 cm³/mol. The van der Waals surface area contributed by atoms with Crippen molar-refractivity contribution in [3.05, 3.63) is 18.0 Å². The van der Waals surface area contributed by atoms with Crippen LogP contribution in [-0.2, 0) is 7.05 Å². The molecule has 1 aromatic rings. The zero-order valence-corrected chi connectivity index (χ0v) is 7.67. The van der Waals surface area contributed by atoms with E-state index in [1.54, 1.807) is 17.9 Å². The minimum absolute atomic E-state index is 0.129. The van der Waals surface area contributed by atoms with Crippen LogP contribution in [-0.4, -0.2) is 22.8 Å². The van der Waals surface area contributed by atoms with Gasteiger partial charge in [-0.1, -0.05) is 0 Å². The van der Waals surface area contributed by atoms with Gasteiger partial charge >= 0.3 is 0 Å². The number of aryl methyl sites for hydroxylation is 1. The minimum atomic E-state index is -2.31. The van der Waals surface area contributed by atoms with Gasteiger partial charge in [-0.15, -0.1) is 0 Å². The van der Waals surface area contributed by atoms with Crippen LogP contribution in [0, 0.1) is 0 Å². The molecular formula is C8H13F2N3. The molecule has 74 valence electrons. The van der Waals surface area contributed by atoms with Crippen molar-refractivity contribution in [1.29, 1.82) is 0 Å². The number of halogens is 2. The van der Waals surface area contributed by atoms with Gasteiger partial charge in [0, 0.05) is 19.3 Å². The first kappa shape index (κ1) is 10.1. The van der Waals surface area contributed by atoms with Gasteiger partial charge < -0.3 is 5.32 Å². The molecule has 3 nitrogen and oxygen atoms in total. The maximum Gasteiger partial charge on any atom is 0.250 e. The van der Waals surface area contributed by atoms with Crippen LogP contribution in [0.25, 0.3) is 0 Å². The molecule has 1 unspecified atom stereocenters. The highest BCUT2D eigenvalue weighted by molar-refractivity contribution is 5.03. The first-order chi connectivity index (χ1) is 6.09. The van der Waals surface area contributed by atoms with Gasteiger partial charge in [-0.05, 0) is 13.0 Å². The van der Waals surface area contributed by atoms with E-state index in [-0.39, 0.29) is 12.6 Å². The number of rotatable bonds is 4. The SMILES string of the molecule is CC(NCC(F)F)c1ccn(C)n1. The lowest BCUT2D eigenvalue weighted by Gasteiger charge is -2.10. The monoisotopic (exact) mass is 189 g/mol. The number of nitrogens with zero attached hydrogens (tertiary/aromatic N) is 2. The maximum atomic E-state index is 11.8. The molecule has 0 aromatic carbocycles. The van der Waals surface area contributed by atoms with Gasteiger partial charge in [-0.25, -0.2) is 8.78 Å². The molecule has 0 spiro atoms. The van der Waals surface area contributed by atoms with E-state index in [1.165, 1.54) is 0 Å². The van der Waals surface area contributed by atoms with Gasteiger partial charge in [0.1, 0.15) is 0 Å². The van der Waals surface area contributed by atoms with Crippen LogP contribution >= 0.6 is 0 Å². The van der Waals surface area contributed by atoms with E-state index in [2.05, 4.69) is 10.4 Å². The lowest BCUT2D eigenvalue weighted by Crippen LogP contribution is -2.24. The van der Waals surface area contributed by atoms with E-state index in [1.807, 2.05) is 13.0 Å². The van der Waals surface area contributed by atoms with Crippen LogP contribution < -0.4 is 5.32 Å². The number of aromatic nitrogens is 2.